The predicted octanol–water partition coefficient (Wildman–Crippen LogP) is 4.47. The van der Waals surface area contributed by atoms with E-state index in [1.54, 1.807) is 0 Å². The number of rotatable bonds is 4. The number of halogens is 2. The molecule has 20 heavy (non-hydrogen) atoms. The summed E-state index contributed by atoms with van der Waals surface area (Å²) in [7, 11) is 0. The molecule has 3 nitrogen and oxygen atoms in total. The Morgan fingerprint density at radius 3 is 2.50 bits per heavy atom. The van der Waals surface area contributed by atoms with Crippen LogP contribution in [-0.2, 0) is 6.42 Å². The van der Waals surface area contributed by atoms with Gasteiger partial charge < -0.3 is 10.6 Å². The van der Waals surface area contributed by atoms with Crippen LogP contribution >= 0.6 is 27.5 Å². The van der Waals surface area contributed by atoms with Crippen molar-refractivity contribution in [2.24, 2.45) is 0 Å². The zero-order valence-electron chi connectivity index (χ0n) is 10.7. The third-order valence-corrected chi connectivity index (χ3v) is 3.64. The number of urea groups is 1. The quantitative estimate of drug-likeness (QED) is 0.837. The number of hydrogen-bond acceptors (Lipinski definition) is 1. The fourth-order valence-corrected chi connectivity index (χ4v) is 2.21. The normalized spacial score (nSPS) is 10.1. The molecule has 0 saturated heterocycles. The average Bonchev–Trinajstić information content (AvgIpc) is 2.43. The Morgan fingerprint density at radius 2 is 1.80 bits per heavy atom. The Hall–Kier alpha value is -1.52. The van der Waals surface area contributed by atoms with E-state index < -0.39 is 0 Å². The molecule has 0 atom stereocenters. The molecule has 0 heterocycles. The molecule has 2 amide bonds. The maximum Gasteiger partial charge on any atom is 0.319 e. The fourth-order valence-electron chi connectivity index (χ4n) is 1.72. The van der Waals surface area contributed by atoms with Crippen molar-refractivity contribution in [2.75, 3.05) is 11.9 Å². The molecule has 0 spiro atoms. The van der Waals surface area contributed by atoms with Gasteiger partial charge in [-0.25, -0.2) is 4.79 Å². The second kappa shape index (κ2) is 7.31. The van der Waals surface area contributed by atoms with Gasteiger partial charge in [-0.05, 0) is 42.3 Å². The molecular weight excluding hydrogens is 340 g/mol. The van der Waals surface area contributed by atoms with Gasteiger partial charge in [-0.3, -0.25) is 0 Å². The summed E-state index contributed by atoms with van der Waals surface area (Å²) in [5.74, 6) is 0. The molecule has 2 aromatic rings. The fraction of sp³-hybridized carbons (Fsp3) is 0.133. The maximum absolute atomic E-state index is 11.7. The van der Waals surface area contributed by atoms with Crippen molar-refractivity contribution in [3.8, 4) is 0 Å². The van der Waals surface area contributed by atoms with Gasteiger partial charge in [0.25, 0.3) is 0 Å². The first-order chi connectivity index (χ1) is 9.65. The van der Waals surface area contributed by atoms with Crippen LogP contribution < -0.4 is 10.6 Å². The zero-order chi connectivity index (χ0) is 14.4. The average molecular weight is 354 g/mol. The van der Waals surface area contributed by atoms with Gasteiger partial charge in [0.15, 0.2) is 0 Å². The SMILES string of the molecule is O=C(NCCc1ccccc1Cl)Nc1ccc(Br)cc1. The van der Waals surface area contributed by atoms with E-state index in [0.29, 0.717) is 13.0 Å². The first-order valence-electron chi connectivity index (χ1n) is 6.19. The minimum atomic E-state index is -0.223. The van der Waals surface area contributed by atoms with E-state index in [1.807, 2.05) is 48.5 Å². The van der Waals surface area contributed by atoms with Crippen molar-refractivity contribution >= 4 is 39.2 Å². The van der Waals surface area contributed by atoms with Gasteiger partial charge in [-0.2, -0.15) is 0 Å². The molecule has 0 aliphatic rings. The molecule has 0 aromatic heterocycles. The predicted molar refractivity (Wildman–Crippen MR) is 86.3 cm³/mol. The van der Waals surface area contributed by atoms with E-state index in [9.17, 15) is 4.79 Å². The number of carbonyl (C=O) groups excluding carboxylic acids is 1. The third-order valence-electron chi connectivity index (χ3n) is 2.74. The molecule has 0 saturated carbocycles. The standard InChI is InChI=1S/C15H14BrClN2O/c16-12-5-7-13(8-6-12)19-15(20)18-10-9-11-3-1-2-4-14(11)17/h1-8H,9-10H2,(H2,18,19,20). The first-order valence-corrected chi connectivity index (χ1v) is 7.36. The summed E-state index contributed by atoms with van der Waals surface area (Å²) in [6.45, 7) is 0.534. The Kier molecular flexibility index (Phi) is 5.44. The molecule has 2 N–H and O–H groups in total. The van der Waals surface area contributed by atoms with Gasteiger partial charge in [0.2, 0.25) is 0 Å². The summed E-state index contributed by atoms with van der Waals surface area (Å²) in [5.41, 5.74) is 1.78. The van der Waals surface area contributed by atoms with Crippen LogP contribution in [0, 0.1) is 0 Å². The molecule has 0 unspecified atom stereocenters. The molecule has 2 rings (SSSR count). The first kappa shape index (κ1) is 14.9. The molecule has 0 aliphatic heterocycles. The van der Waals surface area contributed by atoms with Crippen molar-refractivity contribution in [1.29, 1.82) is 0 Å². The largest absolute Gasteiger partial charge is 0.338 e. The minimum absolute atomic E-state index is 0.223. The van der Waals surface area contributed by atoms with Crippen molar-refractivity contribution in [2.45, 2.75) is 6.42 Å². The summed E-state index contributed by atoms with van der Waals surface area (Å²) in [5, 5.41) is 6.29. The Labute approximate surface area is 131 Å². The van der Waals surface area contributed by atoms with E-state index in [1.165, 1.54) is 0 Å². The highest BCUT2D eigenvalue weighted by atomic mass is 79.9. The molecular formula is C15H14BrClN2O. The van der Waals surface area contributed by atoms with Crippen molar-refractivity contribution in [1.82, 2.24) is 5.32 Å². The van der Waals surface area contributed by atoms with Crippen LogP contribution in [0.3, 0.4) is 0 Å². The minimum Gasteiger partial charge on any atom is -0.338 e. The molecule has 5 heteroatoms. The molecule has 0 radical (unpaired) electrons. The van der Waals surface area contributed by atoms with E-state index in [0.717, 1.165) is 20.7 Å². The highest BCUT2D eigenvalue weighted by Crippen LogP contribution is 2.15. The summed E-state index contributed by atoms with van der Waals surface area (Å²) in [6.07, 6.45) is 0.702. The lowest BCUT2D eigenvalue weighted by atomic mass is 10.1. The Morgan fingerprint density at radius 1 is 1.10 bits per heavy atom. The third kappa shape index (κ3) is 4.54. The van der Waals surface area contributed by atoms with Crippen molar-refractivity contribution < 1.29 is 4.79 Å². The van der Waals surface area contributed by atoms with E-state index in [2.05, 4.69) is 26.6 Å². The summed E-state index contributed by atoms with van der Waals surface area (Å²) >= 11 is 9.40. The lowest BCUT2D eigenvalue weighted by Crippen LogP contribution is -2.30. The summed E-state index contributed by atoms with van der Waals surface area (Å²) in [4.78, 5) is 11.7. The Balaban J connectivity index is 1.78. The number of anilines is 1. The summed E-state index contributed by atoms with van der Waals surface area (Å²) < 4.78 is 0.974. The number of carbonyl (C=O) groups is 1. The van der Waals surface area contributed by atoms with Crippen LogP contribution in [0.2, 0.25) is 5.02 Å². The molecule has 2 aromatic carbocycles. The topological polar surface area (TPSA) is 41.1 Å². The highest BCUT2D eigenvalue weighted by molar-refractivity contribution is 9.10. The van der Waals surface area contributed by atoms with Gasteiger partial charge in [0.1, 0.15) is 0 Å². The van der Waals surface area contributed by atoms with Crippen molar-refractivity contribution in [3.05, 3.63) is 63.6 Å². The Bertz CT molecular complexity index is 587. The highest BCUT2D eigenvalue weighted by Gasteiger charge is 2.02. The smallest absolute Gasteiger partial charge is 0.319 e. The molecule has 0 bridgehead atoms. The molecule has 0 aliphatic carbocycles. The number of nitrogens with one attached hydrogen (secondary N) is 2. The molecule has 104 valence electrons. The van der Waals surface area contributed by atoms with Gasteiger partial charge in [-0.1, -0.05) is 45.7 Å². The van der Waals surface area contributed by atoms with Crippen LogP contribution in [0.1, 0.15) is 5.56 Å². The second-order valence-corrected chi connectivity index (χ2v) is 5.55. The van der Waals surface area contributed by atoms with Gasteiger partial charge in [-0.15, -0.1) is 0 Å². The lowest BCUT2D eigenvalue weighted by Gasteiger charge is -2.08. The van der Waals surface area contributed by atoms with Crippen LogP contribution in [0.5, 0.6) is 0 Å². The van der Waals surface area contributed by atoms with Gasteiger partial charge >= 0.3 is 6.03 Å². The van der Waals surface area contributed by atoms with Crippen LogP contribution in [0.15, 0.2) is 53.0 Å². The lowest BCUT2D eigenvalue weighted by molar-refractivity contribution is 0.252. The van der Waals surface area contributed by atoms with Crippen LogP contribution in [-0.4, -0.2) is 12.6 Å². The summed E-state index contributed by atoms with van der Waals surface area (Å²) in [6, 6.07) is 14.8. The van der Waals surface area contributed by atoms with Gasteiger partial charge in [0, 0.05) is 21.7 Å². The van der Waals surface area contributed by atoms with E-state index >= 15 is 0 Å². The van der Waals surface area contributed by atoms with Gasteiger partial charge in [0.05, 0.1) is 0 Å². The number of benzene rings is 2. The van der Waals surface area contributed by atoms with Crippen LogP contribution in [0.25, 0.3) is 0 Å². The number of hydrogen-bond donors (Lipinski definition) is 2. The van der Waals surface area contributed by atoms with Crippen molar-refractivity contribution in [3.63, 3.8) is 0 Å². The van der Waals surface area contributed by atoms with E-state index in [-0.39, 0.29) is 6.03 Å². The number of amides is 2. The zero-order valence-corrected chi connectivity index (χ0v) is 13.0. The van der Waals surface area contributed by atoms with Crippen LogP contribution in [0.4, 0.5) is 10.5 Å². The monoisotopic (exact) mass is 352 g/mol. The maximum atomic E-state index is 11.7. The molecule has 0 fully saturated rings. The second-order valence-electron chi connectivity index (χ2n) is 4.23. The van der Waals surface area contributed by atoms with E-state index in [4.69, 9.17) is 11.6 Å².